The van der Waals surface area contributed by atoms with E-state index >= 15 is 0 Å². The van der Waals surface area contributed by atoms with Crippen LogP contribution in [-0.2, 0) is 5.41 Å². The topological polar surface area (TPSA) is 26.0 Å². The molecule has 0 saturated carbocycles. The summed E-state index contributed by atoms with van der Waals surface area (Å²) in [4.78, 5) is 0. The first kappa shape index (κ1) is 16.8. The molecule has 4 aromatic carbocycles. The molecule has 4 aromatic rings. The largest absolute Gasteiger partial charge is 0.398 e. The zero-order valence-electron chi connectivity index (χ0n) is 16.2. The predicted molar refractivity (Wildman–Crippen MR) is 119 cm³/mol. The summed E-state index contributed by atoms with van der Waals surface area (Å²) in [6, 6.07) is 32.1. The van der Waals surface area contributed by atoms with E-state index in [9.17, 15) is 0 Å². The van der Waals surface area contributed by atoms with Crippen LogP contribution in [0.25, 0.3) is 33.4 Å². The summed E-state index contributed by atoms with van der Waals surface area (Å²) in [6.45, 7) is 4.62. The lowest BCUT2D eigenvalue weighted by atomic mass is 9.77. The van der Waals surface area contributed by atoms with Crippen molar-refractivity contribution in [1.82, 2.24) is 0 Å². The van der Waals surface area contributed by atoms with E-state index in [-0.39, 0.29) is 5.41 Å². The van der Waals surface area contributed by atoms with Crippen LogP contribution in [0, 0.1) is 0 Å². The first-order valence-corrected chi connectivity index (χ1v) is 9.76. The van der Waals surface area contributed by atoms with Crippen LogP contribution >= 0.6 is 0 Å². The summed E-state index contributed by atoms with van der Waals surface area (Å²) in [5.74, 6) is 0. The highest BCUT2D eigenvalue weighted by molar-refractivity contribution is 6.00. The Hall–Kier alpha value is -3.32. The van der Waals surface area contributed by atoms with Gasteiger partial charge >= 0.3 is 0 Å². The third-order valence-electron chi connectivity index (χ3n) is 6.03. The molecule has 0 radical (unpaired) electrons. The Balaban J connectivity index is 1.93. The first-order valence-electron chi connectivity index (χ1n) is 9.76. The molecular formula is C27H23N. The van der Waals surface area contributed by atoms with Crippen LogP contribution in [0.2, 0.25) is 0 Å². The van der Waals surface area contributed by atoms with E-state index in [1.165, 1.54) is 27.8 Å². The van der Waals surface area contributed by atoms with Crippen molar-refractivity contribution in [2.75, 3.05) is 5.73 Å². The van der Waals surface area contributed by atoms with Gasteiger partial charge in [-0.1, -0.05) is 98.8 Å². The number of anilines is 1. The second kappa shape index (κ2) is 6.10. The van der Waals surface area contributed by atoms with Crippen molar-refractivity contribution >= 4 is 5.69 Å². The molecule has 2 N–H and O–H groups in total. The van der Waals surface area contributed by atoms with Crippen LogP contribution in [0.1, 0.15) is 25.0 Å². The molecule has 1 nitrogen and oxygen atoms in total. The molecule has 0 amide bonds. The van der Waals surface area contributed by atoms with Crippen molar-refractivity contribution in [1.29, 1.82) is 0 Å². The molecule has 1 aliphatic rings. The van der Waals surface area contributed by atoms with Crippen molar-refractivity contribution in [2.45, 2.75) is 19.3 Å². The third kappa shape index (κ3) is 2.33. The van der Waals surface area contributed by atoms with Gasteiger partial charge in [0.2, 0.25) is 0 Å². The molecule has 1 heteroatoms. The Labute approximate surface area is 166 Å². The smallest absolute Gasteiger partial charge is 0.0476 e. The SMILES string of the molecule is CC1(C)c2ccccc2-c2cc(-c3ccccc3)c(N)c(-c3ccccc3)c21. The summed E-state index contributed by atoms with van der Waals surface area (Å²) in [5, 5.41) is 0. The summed E-state index contributed by atoms with van der Waals surface area (Å²) >= 11 is 0. The lowest BCUT2D eigenvalue weighted by Crippen LogP contribution is -2.17. The lowest BCUT2D eigenvalue weighted by Gasteiger charge is -2.26. The molecule has 0 fully saturated rings. The molecule has 0 bridgehead atoms. The molecule has 0 aromatic heterocycles. The lowest BCUT2D eigenvalue weighted by molar-refractivity contribution is 0.662. The minimum Gasteiger partial charge on any atom is -0.398 e. The van der Waals surface area contributed by atoms with Gasteiger partial charge in [-0.3, -0.25) is 0 Å². The first-order chi connectivity index (χ1) is 13.6. The second-order valence-corrected chi connectivity index (χ2v) is 8.04. The molecule has 5 rings (SSSR count). The molecule has 0 spiro atoms. The van der Waals surface area contributed by atoms with Crippen molar-refractivity contribution < 1.29 is 0 Å². The zero-order chi connectivity index (χ0) is 19.3. The minimum atomic E-state index is -0.0968. The van der Waals surface area contributed by atoms with Crippen molar-refractivity contribution in [3.63, 3.8) is 0 Å². The fourth-order valence-electron chi connectivity index (χ4n) is 4.72. The monoisotopic (exact) mass is 361 g/mol. The number of benzene rings is 4. The highest BCUT2D eigenvalue weighted by Crippen LogP contribution is 2.55. The van der Waals surface area contributed by atoms with Crippen LogP contribution in [-0.4, -0.2) is 0 Å². The number of fused-ring (bicyclic) bond motifs is 3. The maximum absolute atomic E-state index is 6.88. The number of rotatable bonds is 2. The Morgan fingerprint density at radius 3 is 1.86 bits per heavy atom. The summed E-state index contributed by atoms with van der Waals surface area (Å²) < 4.78 is 0. The van der Waals surface area contributed by atoms with Crippen molar-refractivity contribution in [2.24, 2.45) is 0 Å². The maximum Gasteiger partial charge on any atom is 0.0476 e. The van der Waals surface area contributed by atoms with E-state index in [0.29, 0.717) is 0 Å². The van der Waals surface area contributed by atoms with Gasteiger partial charge in [0, 0.05) is 22.2 Å². The fraction of sp³-hybridized carbons (Fsp3) is 0.111. The van der Waals surface area contributed by atoms with E-state index in [4.69, 9.17) is 5.73 Å². The van der Waals surface area contributed by atoms with Gasteiger partial charge in [0.25, 0.3) is 0 Å². The van der Waals surface area contributed by atoms with E-state index < -0.39 is 0 Å². The van der Waals surface area contributed by atoms with Gasteiger partial charge in [-0.05, 0) is 39.4 Å². The Morgan fingerprint density at radius 2 is 1.18 bits per heavy atom. The van der Waals surface area contributed by atoms with E-state index in [0.717, 1.165) is 22.4 Å². The third-order valence-corrected chi connectivity index (χ3v) is 6.03. The molecule has 136 valence electrons. The highest BCUT2D eigenvalue weighted by Gasteiger charge is 2.39. The van der Waals surface area contributed by atoms with Crippen LogP contribution in [0.5, 0.6) is 0 Å². The molecule has 0 saturated heterocycles. The average molecular weight is 361 g/mol. The minimum absolute atomic E-state index is 0.0968. The zero-order valence-corrected chi connectivity index (χ0v) is 16.2. The van der Waals surface area contributed by atoms with Gasteiger partial charge in [0.05, 0.1) is 0 Å². The van der Waals surface area contributed by atoms with Crippen LogP contribution in [0.4, 0.5) is 5.69 Å². The van der Waals surface area contributed by atoms with E-state index in [1.54, 1.807) is 0 Å². The number of hydrogen-bond acceptors (Lipinski definition) is 1. The molecular weight excluding hydrogens is 338 g/mol. The quantitative estimate of drug-likeness (QED) is 0.386. The van der Waals surface area contributed by atoms with Gasteiger partial charge in [-0.2, -0.15) is 0 Å². The van der Waals surface area contributed by atoms with E-state index in [2.05, 4.69) is 98.8 Å². The second-order valence-electron chi connectivity index (χ2n) is 8.04. The van der Waals surface area contributed by atoms with Gasteiger partial charge < -0.3 is 5.73 Å². The molecule has 0 aliphatic heterocycles. The van der Waals surface area contributed by atoms with E-state index in [1.807, 2.05) is 6.07 Å². The van der Waals surface area contributed by atoms with Gasteiger partial charge in [-0.25, -0.2) is 0 Å². The standard InChI is InChI=1S/C27H23N/c1-27(2)23-16-10-9-15-20(23)22-17-21(18-11-5-3-6-12-18)26(28)24(25(22)27)19-13-7-4-8-14-19/h3-17H,28H2,1-2H3. The summed E-state index contributed by atoms with van der Waals surface area (Å²) in [5.41, 5.74) is 17.5. The number of nitrogens with two attached hydrogens (primary N) is 1. The molecule has 0 heterocycles. The number of hydrogen-bond donors (Lipinski definition) is 1. The highest BCUT2D eigenvalue weighted by atomic mass is 14.6. The maximum atomic E-state index is 6.88. The predicted octanol–water partition coefficient (Wildman–Crippen LogP) is 6.91. The Morgan fingerprint density at radius 1 is 0.607 bits per heavy atom. The van der Waals surface area contributed by atoms with Crippen LogP contribution in [0.3, 0.4) is 0 Å². The average Bonchev–Trinajstić information content (AvgIpc) is 2.96. The Kier molecular flexibility index (Phi) is 3.67. The summed E-state index contributed by atoms with van der Waals surface area (Å²) in [6.07, 6.45) is 0. The number of nitrogen functional groups attached to an aromatic ring is 1. The fourth-order valence-corrected chi connectivity index (χ4v) is 4.72. The van der Waals surface area contributed by atoms with Crippen LogP contribution < -0.4 is 5.73 Å². The van der Waals surface area contributed by atoms with Crippen molar-refractivity contribution in [3.8, 4) is 33.4 Å². The molecule has 0 atom stereocenters. The normalized spacial score (nSPS) is 13.8. The van der Waals surface area contributed by atoms with Gasteiger partial charge in [0.15, 0.2) is 0 Å². The van der Waals surface area contributed by atoms with Gasteiger partial charge in [-0.15, -0.1) is 0 Å². The van der Waals surface area contributed by atoms with Crippen molar-refractivity contribution in [3.05, 3.63) is 102 Å². The van der Waals surface area contributed by atoms with Gasteiger partial charge in [0.1, 0.15) is 0 Å². The van der Waals surface area contributed by atoms with Crippen LogP contribution in [0.15, 0.2) is 91.0 Å². The molecule has 1 aliphatic carbocycles. The molecule has 0 unspecified atom stereocenters. The summed E-state index contributed by atoms with van der Waals surface area (Å²) in [7, 11) is 0. The molecule has 28 heavy (non-hydrogen) atoms. The Bertz CT molecular complexity index is 1170.